The lowest BCUT2D eigenvalue weighted by molar-refractivity contribution is -0.139. The first-order chi connectivity index (χ1) is 13.2. The van der Waals surface area contributed by atoms with E-state index < -0.39 is 11.8 Å². The van der Waals surface area contributed by atoms with Crippen molar-refractivity contribution in [1.29, 1.82) is 0 Å². The molecule has 0 spiro atoms. The zero-order chi connectivity index (χ0) is 19.1. The fraction of sp³-hybridized carbons (Fsp3) is 0.600. The molecule has 1 saturated carbocycles. The van der Waals surface area contributed by atoms with Gasteiger partial charge in [-0.25, -0.2) is 0 Å². The number of rotatable bonds is 6. The molecule has 1 aromatic rings. The number of nitrogens with one attached hydrogen (secondary N) is 2. The van der Waals surface area contributed by atoms with Crippen molar-refractivity contribution in [3.8, 4) is 5.75 Å². The van der Waals surface area contributed by atoms with E-state index in [1.165, 1.54) is 0 Å². The Bertz CT molecular complexity index is 640. The summed E-state index contributed by atoms with van der Waals surface area (Å²) in [6.07, 6.45) is 4.14. The number of methoxy groups -OCH3 is 1. The van der Waals surface area contributed by atoms with Crippen LogP contribution in [0.25, 0.3) is 0 Å². The molecule has 1 aliphatic carbocycles. The third-order valence-corrected chi connectivity index (χ3v) is 5.32. The van der Waals surface area contributed by atoms with Gasteiger partial charge in [0.1, 0.15) is 5.75 Å². The van der Waals surface area contributed by atoms with Crippen LogP contribution in [-0.2, 0) is 14.3 Å². The van der Waals surface area contributed by atoms with Crippen LogP contribution in [0.2, 0.25) is 0 Å². The number of morpholine rings is 1. The van der Waals surface area contributed by atoms with E-state index in [0.29, 0.717) is 19.8 Å². The zero-order valence-corrected chi connectivity index (χ0v) is 15.9. The second-order valence-corrected chi connectivity index (χ2v) is 7.11. The smallest absolute Gasteiger partial charge is 0.309 e. The first kappa shape index (κ1) is 19.6. The number of benzene rings is 1. The van der Waals surface area contributed by atoms with Gasteiger partial charge in [-0.15, -0.1) is 0 Å². The van der Waals surface area contributed by atoms with Crippen molar-refractivity contribution in [2.24, 2.45) is 0 Å². The Hall–Kier alpha value is -2.12. The van der Waals surface area contributed by atoms with Crippen molar-refractivity contribution in [2.75, 3.05) is 40.0 Å². The van der Waals surface area contributed by atoms with Gasteiger partial charge in [0.05, 0.1) is 26.4 Å². The van der Waals surface area contributed by atoms with Crippen LogP contribution in [0.4, 0.5) is 0 Å². The van der Waals surface area contributed by atoms with Gasteiger partial charge in [0.25, 0.3) is 0 Å². The van der Waals surface area contributed by atoms with Crippen LogP contribution in [0.3, 0.4) is 0 Å². The molecule has 0 aromatic heterocycles. The highest BCUT2D eigenvalue weighted by Gasteiger charge is 2.26. The van der Waals surface area contributed by atoms with E-state index in [9.17, 15) is 9.59 Å². The van der Waals surface area contributed by atoms with Gasteiger partial charge in [-0.2, -0.15) is 0 Å². The molecule has 1 saturated heterocycles. The molecule has 7 heteroatoms. The molecule has 1 aliphatic heterocycles. The number of amides is 2. The Kier molecular flexibility index (Phi) is 7.06. The predicted molar refractivity (Wildman–Crippen MR) is 102 cm³/mol. The summed E-state index contributed by atoms with van der Waals surface area (Å²) in [5.74, 6) is -0.326. The molecule has 27 heavy (non-hydrogen) atoms. The van der Waals surface area contributed by atoms with Gasteiger partial charge in [-0.05, 0) is 30.5 Å². The molecule has 0 bridgehead atoms. The van der Waals surface area contributed by atoms with E-state index in [-0.39, 0.29) is 12.1 Å². The minimum Gasteiger partial charge on any atom is -0.497 e. The molecule has 2 aliphatic rings. The standard InChI is InChI=1S/C20H29N3O4/c1-26-17-8-4-5-15(13-17)18(23-9-11-27-12-10-23)14-21-19(24)20(25)22-16-6-2-3-7-16/h4-5,8,13,16,18H,2-3,6-7,9-12,14H2,1H3,(H,21,24)(H,22,25)/t18-/m1/s1. The van der Waals surface area contributed by atoms with Gasteiger partial charge >= 0.3 is 11.8 Å². The quantitative estimate of drug-likeness (QED) is 0.732. The minimum absolute atomic E-state index is 0.0350. The average Bonchev–Trinajstić information content (AvgIpc) is 3.22. The Labute approximate surface area is 160 Å². The molecule has 148 valence electrons. The zero-order valence-electron chi connectivity index (χ0n) is 15.9. The lowest BCUT2D eigenvalue weighted by Crippen LogP contribution is -2.48. The average molecular weight is 375 g/mol. The fourth-order valence-electron chi connectivity index (χ4n) is 3.79. The molecule has 1 aromatic carbocycles. The predicted octanol–water partition coefficient (Wildman–Crippen LogP) is 1.24. The number of nitrogens with zero attached hydrogens (tertiary/aromatic N) is 1. The highest BCUT2D eigenvalue weighted by atomic mass is 16.5. The number of hydrogen-bond acceptors (Lipinski definition) is 5. The normalized spacial score (nSPS) is 19.4. The van der Waals surface area contributed by atoms with E-state index in [0.717, 1.165) is 50.1 Å². The van der Waals surface area contributed by atoms with Crippen molar-refractivity contribution in [2.45, 2.75) is 37.8 Å². The molecule has 2 fully saturated rings. The molecule has 0 radical (unpaired) electrons. The van der Waals surface area contributed by atoms with Crippen LogP contribution in [-0.4, -0.2) is 62.7 Å². The van der Waals surface area contributed by atoms with Crippen molar-refractivity contribution < 1.29 is 19.1 Å². The monoisotopic (exact) mass is 375 g/mol. The van der Waals surface area contributed by atoms with Crippen molar-refractivity contribution in [3.63, 3.8) is 0 Å². The summed E-state index contributed by atoms with van der Waals surface area (Å²) < 4.78 is 10.8. The molecule has 2 amide bonds. The van der Waals surface area contributed by atoms with Crippen molar-refractivity contribution >= 4 is 11.8 Å². The molecule has 0 unspecified atom stereocenters. The molecule has 2 N–H and O–H groups in total. The van der Waals surface area contributed by atoms with E-state index >= 15 is 0 Å². The van der Waals surface area contributed by atoms with E-state index in [4.69, 9.17) is 9.47 Å². The Morgan fingerprint density at radius 3 is 2.67 bits per heavy atom. The fourth-order valence-corrected chi connectivity index (χ4v) is 3.79. The van der Waals surface area contributed by atoms with Crippen LogP contribution in [0.15, 0.2) is 24.3 Å². The molecular formula is C20H29N3O4. The number of ether oxygens (including phenoxy) is 2. The summed E-state index contributed by atoms with van der Waals surface area (Å²) in [7, 11) is 1.64. The summed E-state index contributed by atoms with van der Waals surface area (Å²) in [4.78, 5) is 26.7. The summed E-state index contributed by atoms with van der Waals surface area (Å²) in [5, 5.41) is 5.65. The lowest BCUT2D eigenvalue weighted by atomic mass is 10.0. The molecule has 1 heterocycles. The first-order valence-corrected chi connectivity index (χ1v) is 9.72. The van der Waals surface area contributed by atoms with Crippen LogP contribution in [0, 0.1) is 0 Å². The number of carbonyl (C=O) groups excluding carboxylic acids is 2. The Morgan fingerprint density at radius 1 is 1.22 bits per heavy atom. The van der Waals surface area contributed by atoms with Crippen molar-refractivity contribution in [1.82, 2.24) is 15.5 Å². The maximum Gasteiger partial charge on any atom is 0.309 e. The number of carbonyl (C=O) groups is 2. The molecular weight excluding hydrogens is 346 g/mol. The maximum absolute atomic E-state index is 12.3. The van der Waals surface area contributed by atoms with Crippen LogP contribution >= 0.6 is 0 Å². The second-order valence-electron chi connectivity index (χ2n) is 7.11. The van der Waals surface area contributed by atoms with Gasteiger partial charge in [-0.1, -0.05) is 25.0 Å². The van der Waals surface area contributed by atoms with Crippen molar-refractivity contribution in [3.05, 3.63) is 29.8 Å². The SMILES string of the molecule is COc1cccc([C@@H](CNC(=O)C(=O)NC2CCCC2)N2CCOCC2)c1. The number of hydrogen-bond donors (Lipinski definition) is 2. The maximum atomic E-state index is 12.3. The van der Waals surface area contributed by atoms with Gasteiger partial charge in [-0.3, -0.25) is 14.5 Å². The Balaban J connectivity index is 1.63. The van der Waals surface area contributed by atoms with E-state index in [2.05, 4.69) is 15.5 Å². The highest BCUT2D eigenvalue weighted by Crippen LogP contribution is 2.25. The van der Waals surface area contributed by atoms with Gasteiger partial charge in [0.15, 0.2) is 0 Å². The van der Waals surface area contributed by atoms with Crippen LogP contribution in [0.1, 0.15) is 37.3 Å². The van der Waals surface area contributed by atoms with Gasteiger partial charge in [0, 0.05) is 25.7 Å². The molecule has 3 rings (SSSR count). The highest BCUT2D eigenvalue weighted by molar-refractivity contribution is 6.35. The van der Waals surface area contributed by atoms with E-state index in [1.807, 2.05) is 24.3 Å². The summed E-state index contributed by atoms with van der Waals surface area (Å²) in [6.45, 7) is 3.26. The third-order valence-electron chi connectivity index (χ3n) is 5.32. The van der Waals surface area contributed by atoms with Gasteiger partial charge < -0.3 is 20.1 Å². The topological polar surface area (TPSA) is 79.9 Å². The summed E-state index contributed by atoms with van der Waals surface area (Å²) in [6, 6.07) is 7.94. The van der Waals surface area contributed by atoms with E-state index in [1.54, 1.807) is 7.11 Å². The minimum atomic E-state index is -0.567. The second kappa shape index (κ2) is 9.71. The lowest BCUT2D eigenvalue weighted by Gasteiger charge is -2.35. The molecule has 1 atom stereocenters. The van der Waals surface area contributed by atoms with Crippen LogP contribution in [0.5, 0.6) is 5.75 Å². The summed E-state index contributed by atoms with van der Waals surface area (Å²) >= 11 is 0. The first-order valence-electron chi connectivity index (χ1n) is 9.72. The largest absolute Gasteiger partial charge is 0.497 e. The van der Waals surface area contributed by atoms with Crippen LogP contribution < -0.4 is 15.4 Å². The van der Waals surface area contributed by atoms with Gasteiger partial charge in [0.2, 0.25) is 0 Å². The molecule has 7 nitrogen and oxygen atoms in total. The third kappa shape index (κ3) is 5.43. The summed E-state index contributed by atoms with van der Waals surface area (Å²) in [5.41, 5.74) is 1.05. The Morgan fingerprint density at radius 2 is 1.96 bits per heavy atom.